The van der Waals surface area contributed by atoms with E-state index in [1.54, 1.807) is 0 Å². The highest BCUT2D eigenvalue weighted by Gasteiger charge is 2.47. The molecular weight excluding hydrogens is 241 g/mol. The van der Waals surface area contributed by atoms with Crippen molar-refractivity contribution in [3.05, 3.63) is 12.2 Å². The minimum Gasteiger partial charge on any atom is -0.371 e. The van der Waals surface area contributed by atoms with Gasteiger partial charge in [0.2, 0.25) is 0 Å². The summed E-state index contributed by atoms with van der Waals surface area (Å²) in [6, 6.07) is 0. The first-order chi connectivity index (χ1) is 8.20. The lowest BCUT2D eigenvalue weighted by Gasteiger charge is -2.37. The van der Waals surface area contributed by atoms with Gasteiger partial charge in [-0.25, -0.2) is 0 Å². The molecule has 2 bridgehead atoms. The molecule has 0 radical (unpaired) electrons. The monoisotopic (exact) mass is 262 g/mol. The lowest BCUT2D eigenvalue weighted by Crippen LogP contribution is -2.39. The Morgan fingerprint density at radius 3 is 2.33 bits per heavy atom. The Balaban J connectivity index is 1.90. The van der Waals surface area contributed by atoms with Crippen LogP contribution in [-0.2, 0) is 4.74 Å². The largest absolute Gasteiger partial charge is 0.414 e. The van der Waals surface area contributed by atoms with Crippen molar-refractivity contribution in [2.75, 3.05) is 6.61 Å². The van der Waals surface area contributed by atoms with Crippen molar-refractivity contribution < 1.29 is 17.9 Å². The lowest BCUT2D eigenvalue weighted by molar-refractivity contribution is -0.120. The fourth-order valence-corrected chi connectivity index (χ4v) is 3.56. The van der Waals surface area contributed by atoms with E-state index in [-0.39, 0.29) is 0 Å². The summed E-state index contributed by atoms with van der Waals surface area (Å²) in [5.74, 6) is 1.81. The minimum absolute atomic E-state index is 0.400. The quantitative estimate of drug-likeness (QED) is 0.685. The van der Waals surface area contributed by atoms with Crippen molar-refractivity contribution in [3.8, 4) is 0 Å². The average Bonchev–Trinajstić information content (AvgIpc) is 2.86. The molecule has 2 rings (SSSR count). The fraction of sp³-hybridized carbons (Fsp3) is 0.857. The maximum absolute atomic E-state index is 12.4. The van der Waals surface area contributed by atoms with Gasteiger partial charge in [0.15, 0.2) is 0 Å². The Hall–Kier alpha value is -0.510. The molecule has 2 aliphatic carbocycles. The second kappa shape index (κ2) is 4.55. The van der Waals surface area contributed by atoms with Gasteiger partial charge in [0.1, 0.15) is 0 Å². The van der Waals surface area contributed by atoms with Crippen molar-refractivity contribution in [2.45, 2.75) is 51.3 Å². The van der Waals surface area contributed by atoms with E-state index in [0.29, 0.717) is 11.8 Å². The third-order valence-electron chi connectivity index (χ3n) is 4.65. The van der Waals surface area contributed by atoms with Crippen LogP contribution in [0.5, 0.6) is 0 Å². The van der Waals surface area contributed by atoms with Gasteiger partial charge in [-0.2, -0.15) is 13.2 Å². The smallest absolute Gasteiger partial charge is 0.371 e. The summed E-state index contributed by atoms with van der Waals surface area (Å²) < 4.78 is 42.7. The maximum atomic E-state index is 12.4. The van der Waals surface area contributed by atoms with Crippen LogP contribution >= 0.6 is 0 Å². The van der Waals surface area contributed by atoms with Crippen LogP contribution < -0.4 is 0 Å². The van der Waals surface area contributed by atoms with Crippen LogP contribution in [0.3, 0.4) is 0 Å². The Morgan fingerprint density at radius 1 is 1.22 bits per heavy atom. The third kappa shape index (κ3) is 2.73. The predicted molar refractivity (Wildman–Crippen MR) is 64.2 cm³/mol. The van der Waals surface area contributed by atoms with Gasteiger partial charge in [0.05, 0.1) is 17.8 Å². The summed E-state index contributed by atoms with van der Waals surface area (Å²) in [5.41, 5.74) is -1.27. The van der Waals surface area contributed by atoms with E-state index >= 15 is 0 Å². The summed E-state index contributed by atoms with van der Waals surface area (Å²) >= 11 is 0. The number of ether oxygens (including phenoxy) is 1. The second-order valence-corrected chi connectivity index (χ2v) is 6.27. The van der Waals surface area contributed by atoms with E-state index < -0.39 is 24.0 Å². The fourth-order valence-electron chi connectivity index (χ4n) is 3.56. The molecule has 104 valence electrons. The summed E-state index contributed by atoms with van der Waals surface area (Å²) in [6.45, 7) is 6.48. The third-order valence-corrected chi connectivity index (χ3v) is 4.65. The topological polar surface area (TPSA) is 9.23 Å². The molecule has 0 aliphatic heterocycles. The molecule has 2 aliphatic rings. The standard InChI is InChI=1S/C14H21F3O/c1-9(14(15,16)17)8-18-13(2,3)12-7-10-4-5-11(12)6-10/h10-12H,1,4-8H2,2-3H3. The van der Waals surface area contributed by atoms with Gasteiger partial charge >= 0.3 is 6.18 Å². The Labute approximate surface area is 106 Å². The molecule has 0 aromatic heterocycles. The normalized spacial score (nSPS) is 31.9. The van der Waals surface area contributed by atoms with Crippen LogP contribution in [0.4, 0.5) is 13.2 Å². The van der Waals surface area contributed by atoms with Gasteiger partial charge in [-0.3, -0.25) is 0 Å². The number of alkyl halides is 3. The van der Waals surface area contributed by atoms with E-state index in [1.165, 1.54) is 19.3 Å². The van der Waals surface area contributed by atoms with E-state index in [4.69, 9.17) is 4.74 Å². The van der Waals surface area contributed by atoms with Gasteiger partial charge < -0.3 is 4.74 Å². The molecule has 4 heteroatoms. The molecule has 3 unspecified atom stereocenters. The van der Waals surface area contributed by atoms with E-state index in [2.05, 4.69) is 6.58 Å². The maximum Gasteiger partial charge on any atom is 0.414 e. The van der Waals surface area contributed by atoms with Crippen LogP contribution in [-0.4, -0.2) is 18.4 Å². The summed E-state index contributed by atoms with van der Waals surface area (Å²) in [4.78, 5) is 0. The van der Waals surface area contributed by atoms with Gasteiger partial charge in [-0.1, -0.05) is 13.0 Å². The van der Waals surface area contributed by atoms with Gasteiger partial charge in [-0.15, -0.1) is 0 Å². The van der Waals surface area contributed by atoms with Crippen molar-refractivity contribution in [1.82, 2.24) is 0 Å². The Bertz CT molecular complexity index is 332. The van der Waals surface area contributed by atoms with E-state index in [1.807, 2.05) is 13.8 Å². The van der Waals surface area contributed by atoms with Gasteiger partial charge in [0.25, 0.3) is 0 Å². The van der Waals surface area contributed by atoms with Crippen LogP contribution in [0.1, 0.15) is 39.5 Å². The lowest BCUT2D eigenvalue weighted by atomic mass is 9.78. The molecule has 0 amide bonds. The van der Waals surface area contributed by atoms with Crippen molar-refractivity contribution in [2.24, 2.45) is 17.8 Å². The zero-order chi connectivity index (χ0) is 13.6. The van der Waals surface area contributed by atoms with Crippen LogP contribution in [0.15, 0.2) is 12.2 Å². The minimum atomic E-state index is -4.34. The molecule has 2 fully saturated rings. The summed E-state index contributed by atoms with van der Waals surface area (Å²) in [6.07, 6.45) is 0.493. The molecule has 2 saturated carbocycles. The zero-order valence-electron chi connectivity index (χ0n) is 11.0. The SMILES string of the molecule is C=C(COC(C)(C)C1CC2CCC1C2)C(F)(F)F. The van der Waals surface area contributed by atoms with Crippen LogP contribution in [0.25, 0.3) is 0 Å². The first-order valence-corrected chi connectivity index (χ1v) is 6.59. The predicted octanol–water partition coefficient (Wildman–Crippen LogP) is 4.34. The van der Waals surface area contributed by atoms with E-state index in [0.717, 1.165) is 12.3 Å². The molecule has 0 saturated heterocycles. The number of rotatable bonds is 4. The first-order valence-electron chi connectivity index (χ1n) is 6.59. The first kappa shape index (κ1) is 13.9. The van der Waals surface area contributed by atoms with Gasteiger partial charge in [-0.05, 0) is 50.9 Å². The molecule has 0 aromatic carbocycles. The van der Waals surface area contributed by atoms with Crippen molar-refractivity contribution in [1.29, 1.82) is 0 Å². The number of hydrogen-bond acceptors (Lipinski definition) is 1. The second-order valence-electron chi connectivity index (χ2n) is 6.27. The van der Waals surface area contributed by atoms with Crippen LogP contribution in [0, 0.1) is 17.8 Å². The highest BCUT2D eigenvalue weighted by molar-refractivity contribution is 5.04. The molecule has 0 N–H and O–H groups in total. The number of fused-ring (bicyclic) bond motifs is 2. The summed E-state index contributed by atoms with van der Waals surface area (Å²) in [7, 11) is 0. The molecule has 0 aromatic rings. The molecule has 0 heterocycles. The van der Waals surface area contributed by atoms with E-state index in [9.17, 15) is 13.2 Å². The molecule has 3 atom stereocenters. The molecule has 1 nitrogen and oxygen atoms in total. The van der Waals surface area contributed by atoms with Crippen molar-refractivity contribution in [3.63, 3.8) is 0 Å². The summed E-state index contributed by atoms with van der Waals surface area (Å²) in [5, 5.41) is 0. The van der Waals surface area contributed by atoms with Crippen LogP contribution in [0.2, 0.25) is 0 Å². The van der Waals surface area contributed by atoms with Crippen molar-refractivity contribution >= 4 is 0 Å². The molecule has 18 heavy (non-hydrogen) atoms. The number of hydrogen-bond donors (Lipinski definition) is 0. The Morgan fingerprint density at radius 2 is 1.89 bits per heavy atom. The Kier molecular flexibility index (Phi) is 3.52. The number of halogens is 3. The molecule has 0 spiro atoms. The average molecular weight is 262 g/mol. The highest BCUT2D eigenvalue weighted by Crippen LogP contribution is 2.52. The van der Waals surface area contributed by atoms with Gasteiger partial charge in [0, 0.05) is 0 Å². The zero-order valence-corrected chi connectivity index (χ0v) is 11.0. The molecular formula is C14H21F3O. The highest BCUT2D eigenvalue weighted by atomic mass is 19.4.